The van der Waals surface area contributed by atoms with E-state index in [9.17, 15) is 13.2 Å². The number of aryl methyl sites for hydroxylation is 1. The molecule has 1 aromatic carbocycles. The zero-order chi connectivity index (χ0) is 21.0. The first-order valence-corrected chi connectivity index (χ1v) is 11.7. The van der Waals surface area contributed by atoms with Gasteiger partial charge in [-0.05, 0) is 30.7 Å². The van der Waals surface area contributed by atoms with Gasteiger partial charge in [-0.25, -0.2) is 13.4 Å². The van der Waals surface area contributed by atoms with Gasteiger partial charge in [-0.1, -0.05) is 11.3 Å². The van der Waals surface area contributed by atoms with Crippen molar-refractivity contribution >= 4 is 32.2 Å². The molecule has 0 unspecified atom stereocenters. The largest absolute Gasteiger partial charge is 0.495 e. The number of morpholine rings is 1. The van der Waals surface area contributed by atoms with Crippen molar-refractivity contribution in [3.8, 4) is 16.2 Å². The van der Waals surface area contributed by atoms with E-state index in [1.54, 1.807) is 18.2 Å². The second kappa shape index (κ2) is 9.21. The first-order chi connectivity index (χ1) is 13.8. The van der Waals surface area contributed by atoms with Crippen LogP contribution in [0.25, 0.3) is 10.4 Å². The van der Waals surface area contributed by atoms with E-state index in [-0.39, 0.29) is 16.6 Å². The van der Waals surface area contributed by atoms with Crippen molar-refractivity contribution in [3.05, 3.63) is 23.9 Å². The second-order valence-corrected chi connectivity index (χ2v) is 9.83. The van der Waals surface area contributed by atoms with Gasteiger partial charge in [-0.3, -0.25) is 9.69 Å². The Kier molecular flexibility index (Phi) is 6.89. The lowest BCUT2D eigenvalue weighted by Crippen LogP contribution is -2.39. The Bertz CT molecular complexity index is 982. The molecule has 1 saturated heterocycles. The van der Waals surface area contributed by atoms with Crippen LogP contribution in [0.5, 0.6) is 5.75 Å². The van der Waals surface area contributed by atoms with Crippen LogP contribution in [0.1, 0.15) is 12.6 Å². The Morgan fingerprint density at radius 2 is 2.07 bits per heavy atom. The lowest BCUT2D eigenvalue weighted by atomic mass is 10.1. The monoisotopic (exact) mass is 439 g/mol. The number of sulfone groups is 1. The van der Waals surface area contributed by atoms with Crippen LogP contribution in [0, 0.1) is 6.92 Å². The number of nitrogens with zero attached hydrogens (tertiary/aromatic N) is 2. The second-order valence-electron chi connectivity index (χ2n) is 6.75. The van der Waals surface area contributed by atoms with Crippen LogP contribution in [-0.4, -0.2) is 69.9 Å². The predicted molar refractivity (Wildman–Crippen MR) is 112 cm³/mol. The third-order valence-electron chi connectivity index (χ3n) is 4.62. The SMILES string of the molecule is COc1ccc(-c2sc(NC(C)=O)nc2C)cc1S(=O)(=O)CCN1CCOCC1. The van der Waals surface area contributed by atoms with E-state index in [1.165, 1.54) is 25.4 Å². The first kappa shape index (κ1) is 21.7. The molecule has 0 saturated carbocycles. The summed E-state index contributed by atoms with van der Waals surface area (Å²) in [6.45, 7) is 6.42. The standard InChI is InChI=1S/C19H25N3O5S2/c1-13-18(28-19(20-13)21-14(2)23)15-4-5-16(26-3)17(12-15)29(24,25)11-8-22-6-9-27-10-7-22/h4-5,12H,6-11H2,1-3H3,(H,20,21,23). The van der Waals surface area contributed by atoms with Crippen molar-refractivity contribution < 1.29 is 22.7 Å². The zero-order valence-corrected chi connectivity index (χ0v) is 18.4. The maximum Gasteiger partial charge on any atom is 0.223 e. The lowest BCUT2D eigenvalue weighted by molar-refractivity contribution is -0.114. The molecule has 0 radical (unpaired) electrons. The Labute approximate surface area is 174 Å². The fourth-order valence-electron chi connectivity index (χ4n) is 3.11. The van der Waals surface area contributed by atoms with Crippen LogP contribution in [0.4, 0.5) is 5.13 Å². The Hall–Kier alpha value is -2.01. The van der Waals surface area contributed by atoms with E-state index in [0.29, 0.717) is 30.6 Å². The van der Waals surface area contributed by atoms with E-state index in [1.807, 2.05) is 6.92 Å². The van der Waals surface area contributed by atoms with Gasteiger partial charge in [0.25, 0.3) is 0 Å². The summed E-state index contributed by atoms with van der Waals surface area (Å²) in [6, 6.07) is 5.09. The normalized spacial score (nSPS) is 15.3. The van der Waals surface area contributed by atoms with Gasteiger partial charge in [0.05, 0.1) is 36.6 Å². The van der Waals surface area contributed by atoms with E-state index < -0.39 is 9.84 Å². The van der Waals surface area contributed by atoms with Gasteiger partial charge < -0.3 is 14.8 Å². The van der Waals surface area contributed by atoms with Gasteiger partial charge in [0.1, 0.15) is 10.6 Å². The molecule has 1 fully saturated rings. The molecule has 2 aromatic rings. The van der Waals surface area contributed by atoms with Crippen molar-refractivity contribution in [1.82, 2.24) is 9.88 Å². The van der Waals surface area contributed by atoms with Gasteiger partial charge in [0, 0.05) is 26.6 Å². The number of thiazole rings is 1. The predicted octanol–water partition coefficient (Wildman–Crippen LogP) is 2.19. The minimum Gasteiger partial charge on any atom is -0.495 e. The highest BCUT2D eigenvalue weighted by atomic mass is 32.2. The molecule has 1 aliphatic rings. The average molecular weight is 440 g/mol. The quantitative estimate of drug-likeness (QED) is 0.706. The molecule has 1 N–H and O–H groups in total. The molecule has 1 aliphatic heterocycles. The molecule has 0 bridgehead atoms. The molecule has 158 valence electrons. The number of amides is 1. The summed E-state index contributed by atoms with van der Waals surface area (Å²) in [5, 5.41) is 3.15. The highest BCUT2D eigenvalue weighted by molar-refractivity contribution is 7.91. The number of hydrogen-bond donors (Lipinski definition) is 1. The lowest BCUT2D eigenvalue weighted by Gasteiger charge is -2.26. The number of methoxy groups -OCH3 is 1. The summed E-state index contributed by atoms with van der Waals surface area (Å²) in [4.78, 5) is 18.7. The number of rotatable bonds is 7. The van der Waals surface area contributed by atoms with E-state index >= 15 is 0 Å². The summed E-state index contributed by atoms with van der Waals surface area (Å²) in [5.41, 5.74) is 1.45. The summed E-state index contributed by atoms with van der Waals surface area (Å²) < 4.78 is 36.8. The third-order valence-corrected chi connectivity index (χ3v) is 7.45. The first-order valence-electron chi connectivity index (χ1n) is 9.26. The average Bonchev–Trinajstić information content (AvgIpc) is 3.06. The van der Waals surface area contributed by atoms with Gasteiger partial charge in [-0.2, -0.15) is 0 Å². The highest BCUT2D eigenvalue weighted by Crippen LogP contribution is 2.36. The molecule has 1 aromatic heterocycles. The molecule has 29 heavy (non-hydrogen) atoms. The number of carbonyl (C=O) groups excluding carboxylic acids is 1. The van der Waals surface area contributed by atoms with Gasteiger partial charge >= 0.3 is 0 Å². The van der Waals surface area contributed by atoms with Gasteiger partial charge in [0.2, 0.25) is 5.91 Å². The summed E-state index contributed by atoms with van der Waals surface area (Å²) in [7, 11) is -2.09. The zero-order valence-electron chi connectivity index (χ0n) is 16.7. The fraction of sp³-hybridized carbons (Fsp3) is 0.474. The molecule has 2 heterocycles. The number of hydrogen-bond acceptors (Lipinski definition) is 8. The Balaban J connectivity index is 1.88. The molecule has 1 amide bonds. The highest BCUT2D eigenvalue weighted by Gasteiger charge is 2.23. The number of carbonyl (C=O) groups is 1. The van der Waals surface area contributed by atoms with Crippen LogP contribution >= 0.6 is 11.3 Å². The number of aromatic nitrogens is 1. The van der Waals surface area contributed by atoms with Gasteiger partial charge in [0.15, 0.2) is 15.0 Å². The molecule has 10 heteroatoms. The summed E-state index contributed by atoms with van der Waals surface area (Å²) in [6.07, 6.45) is 0. The minimum absolute atomic E-state index is 0.00558. The number of benzene rings is 1. The number of anilines is 1. The van der Waals surface area contributed by atoms with Crippen molar-refractivity contribution in [2.24, 2.45) is 0 Å². The molecular formula is C19H25N3O5S2. The smallest absolute Gasteiger partial charge is 0.223 e. The van der Waals surface area contributed by atoms with Crippen molar-refractivity contribution in [2.45, 2.75) is 18.7 Å². The van der Waals surface area contributed by atoms with Crippen molar-refractivity contribution in [3.63, 3.8) is 0 Å². The van der Waals surface area contributed by atoms with Gasteiger partial charge in [-0.15, -0.1) is 0 Å². The van der Waals surface area contributed by atoms with Crippen LogP contribution in [0.15, 0.2) is 23.1 Å². The third kappa shape index (κ3) is 5.33. The van der Waals surface area contributed by atoms with Crippen LogP contribution in [0.2, 0.25) is 0 Å². The Morgan fingerprint density at radius 1 is 1.34 bits per heavy atom. The van der Waals surface area contributed by atoms with Crippen LogP contribution in [0.3, 0.4) is 0 Å². The van der Waals surface area contributed by atoms with Crippen LogP contribution < -0.4 is 10.1 Å². The van der Waals surface area contributed by atoms with Crippen LogP contribution in [-0.2, 0) is 19.4 Å². The van der Waals surface area contributed by atoms with Crippen molar-refractivity contribution in [2.75, 3.05) is 51.0 Å². The molecule has 0 aliphatic carbocycles. The summed E-state index contributed by atoms with van der Waals surface area (Å²) >= 11 is 1.31. The molecule has 0 atom stereocenters. The molecule has 8 nitrogen and oxygen atoms in total. The van der Waals surface area contributed by atoms with E-state index in [2.05, 4.69) is 15.2 Å². The fourth-order valence-corrected chi connectivity index (χ4v) is 5.61. The number of nitrogens with one attached hydrogen (secondary N) is 1. The van der Waals surface area contributed by atoms with E-state index in [4.69, 9.17) is 9.47 Å². The van der Waals surface area contributed by atoms with Crippen molar-refractivity contribution in [1.29, 1.82) is 0 Å². The maximum absolute atomic E-state index is 13.1. The molecule has 3 rings (SSSR count). The summed E-state index contributed by atoms with van der Waals surface area (Å²) in [5.74, 6) is 0.123. The topological polar surface area (TPSA) is 97.8 Å². The minimum atomic E-state index is -3.55. The number of ether oxygens (including phenoxy) is 2. The Morgan fingerprint density at radius 3 is 2.72 bits per heavy atom. The molecule has 0 spiro atoms. The molecular weight excluding hydrogens is 414 g/mol. The van der Waals surface area contributed by atoms with E-state index in [0.717, 1.165) is 29.2 Å². The maximum atomic E-state index is 13.1.